The Balaban J connectivity index is 2.13. The highest BCUT2D eigenvalue weighted by Gasteiger charge is 2.16. The maximum atomic E-state index is 12.5. The number of methoxy groups -OCH3 is 2. The largest absolute Gasteiger partial charge is 0.493 e. The number of esters is 1. The average molecular weight is 375 g/mol. The van der Waals surface area contributed by atoms with E-state index in [-0.39, 0.29) is 11.3 Å². The maximum absolute atomic E-state index is 12.5. The van der Waals surface area contributed by atoms with Crippen LogP contribution in [0.5, 0.6) is 17.2 Å². The monoisotopic (exact) mass is 375 g/mol. The first-order valence-corrected chi connectivity index (χ1v) is 8.63. The molecule has 2 aromatic heterocycles. The van der Waals surface area contributed by atoms with Crippen molar-refractivity contribution in [1.29, 1.82) is 0 Å². The van der Waals surface area contributed by atoms with Crippen LogP contribution in [0.4, 0.5) is 0 Å². The van der Waals surface area contributed by atoms with Crippen LogP contribution in [0.2, 0.25) is 0 Å². The molecule has 1 aromatic carbocycles. The molecule has 2 heterocycles. The van der Waals surface area contributed by atoms with Gasteiger partial charge in [0.25, 0.3) is 5.56 Å². The Bertz CT molecular complexity index is 1060. The van der Waals surface area contributed by atoms with E-state index in [2.05, 4.69) is 10.1 Å². The zero-order valence-corrected chi connectivity index (χ0v) is 15.5. The van der Waals surface area contributed by atoms with Crippen molar-refractivity contribution in [3.63, 3.8) is 0 Å². The Morgan fingerprint density at radius 3 is 2.42 bits per heavy atom. The molecule has 0 bridgehead atoms. The molecule has 3 aromatic rings. The number of aryl methyl sites for hydroxylation is 1. The fourth-order valence-electron chi connectivity index (χ4n) is 2.40. The van der Waals surface area contributed by atoms with Gasteiger partial charge in [-0.1, -0.05) is 18.3 Å². The van der Waals surface area contributed by atoms with E-state index in [9.17, 15) is 9.59 Å². The third-order valence-corrected chi connectivity index (χ3v) is 4.53. The third kappa shape index (κ3) is 3.25. The number of thiazole rings is 1. The van der Waals surface area contributed by atoms with Crippen molar-refractivity contribution >= 4 is 28.3 Å². The van der Waals surface area contributed by atoms with Crippen LogP contribution in [0.25, 0.3) is 11.0 Å². The molecular formula is C17H17N3O5S. The number of nitrogens with zero attached hydrogens (tertiary/aromatic N) is 3. The first kappa shape index (κ1) is 17.9. The number of carbonyl (C=O) groups excluding carboxylic acids is 1. The van der Waals surface area contributed by atoms with Crippen molar-refractivity contribution in [2.45, 2.75) is 20.3 Å². The van der Waals surface area contributed by atoms with E-state index in [0.29, 0.717) is 38.8 Å². The number of hydrogen-bond acceptors (Lipinski definition) is 8. The number of ether oxygens (including phenoxy) is 3. The Morgan fingerprint density at radius 1 is 1.27 bits per heavy atom. The van der Waals surface area contributed by atoms with E-state index in [1.54, 1.807) is 18.2 Å². The summed E-state index contributed by atoms with van der Waals surface area (Å²) in [4.78, 5) is 28.6. The number of hydrogen-bond donors (Lipinski definition) is 0. The second-order valence-electron chi connectivity index (χ2n) is 5.34. The molecule has 0 unspecified atom stereocenters. The van der Waals surface area contributed by atoms with E-state index < -0.39 is 5.97 Å². The Hall–Kier alpha value is -2.94. The molecular weight excluding hydrogens is 358 g/mol. The second kappa shape index (κ2) is 7.12. The summed E-state index contributed by atoms with van der Waals surface area (Å²) in [5.41, 5.74) is 0.422. The minimum absolute atomic E-state index is 0.192. The molecule has 0 aliphatic heterocycles. The molecule has 0 fully saturated rings. The molecule has 136 valence electrons. The molecule has 8 nitrogen and oxygen atoms in total. The smallest absolute Gasteiger partial charge is 0.308 e. The lowest BCUT2D eigenvalue weighted by atomic mass is 10.1. The topological polar surface area (TPSA) is 92.0 Å². The van der Waals surface area contributed by atoms with Gasteiger partial charge < -0.3 is 14.2 Å². The summed E-state index contributed by atoms with van der Waals surface area (Å²) in [6, 6.07) is 3.32. The van der Waals surface area contributed by atoms with Crippen molar-refractivity contribution in [1.82, 2.24) is 14.6 Å². The summed E-state index contributed by atoms with van der Waals surface area (Å²) in [7, 11) is 2.92. The maximum Gasteiger partial charge on any atom is 0.308 e. The molecule has 0 amide bonds. The van der Waals surface area contributed by atoms with Crippen LogP contribution in [0.3, 0.4) is 0 Å². The van der Waals surface area contributed by atoms with Crippen molar-refractivity contribution < 1.29 is 19.0 Å². The lowest BCUT2D eigenvalue weighted by Gasteiger charge is -2.13. The van der Waals surface area contributed by atoms with Gasteiger partial charge in [0.2, 0.25) is 10.7 Å². The zero-order valence-electron chi connectivity index (χ0n) is 14.7. The van der Waals surface area contributed by atoms with Gasteiger partial charge in [0.1, 0.15) is 0 Å². The summed E-state index contributed by atoms with van der Waals surface area (Å²) >= 11 is 1.25. The van der Waals surface area contributed by atoms with Crippen LogP contribution in [0.1, 0.15) is 25.2 Å². The highest BCUT2D eigenvalue weighted by atomic mass is 32.1. The van der Waals surface area contributed by atoms with Gasteiger partial charge in [-0.05, 0) is 23.8 Å². The van der Waals surface area contributed by atoms with E-state index in [1.807, 2.05) is 6.92 Å². The number of carbonyl (C=O) groups is 1. The van der Waals surface area contributed by atoms with Gasteiger partial charge >= 0.3 is 5.97 Å². The van der Waals surface area contributed by atoms with Gasteiger partial charge in [-0.3, -0.25) is 9.59 Å². The van der Waals surface area contributed by atoms with Gasteiger partial charge in [0, 0.05) is 13.3 Å². The fourth-order valence-corrected chi connectivity index (χ4v) is 3.33. The number of benzene rings is 1. The van der Waals surface area contributed by atoms with Crippen molar-refractivity contribution in [2.75, 3.05) is 14.2 Å². The van der Waals surface area contributed by atoms with Crippen molar-refractivity contribution in [2.24, 2.45) is 0 Å². The molecule has 0 saturated heterocycles. The average Bonchev–Trinajstić information content (AvgIpc) is 3.15. The van der Waals surface area contributed by atoms with E-state index >= 15 is 0 Å². The summed E-state index contributed by atoms with van der Waals surface area (Å²) < 4.78 is 17.5. The second-order valence-corrected chi connectivity index (χ2v) is 6.35. The number of rotatable bonds is 5. The number of fused-ring (bicyclic) bond motifs is 1. The summed E-state index contributed by atoms with van der Waals surface area (Å²) in [5.74, 6) is 0.987. The van der Waals surface area contributed by atoms with Gasteiger partial charge in [0.15, 0.2) is 17.3 Å². The number of aromatic nitrogens is 3. The molecule has 0 aliphatic carbocycles. The van der Waals surface area contributed by atoms with Crippen LogP contribution >= 0.6 is 11.3 Å². The van der Waals surface area contributed by atoms with Crippen molar-refractivity contribution in [3.05, 3.63) is 38.4 Å². The van der Waals surface area contributed by atoms with Crippen LogP contribution in [0, 0.1) is 0 Å². The molecule has 26 heavy (non-hydrogen) atoms. The van der Waals surface area contributed by atoms with Gasteiger partial charge in [-0.15, -0.1) is 5.10 Å². The predicted octanol–water partition coefficient (Wildman–Crippen LogP) is 1.20. The SMILES string of the molecule is CCc1nc2s/c(=C\c3cc(OC)c(OC(C)=O)c(OC)c3)c(=O)n2n1. The molecule has 0 radical (unpaired) electrons. The fraction of sp³-hybridized carbons (Fsp3) is 0.294. The molecule has 0 spiro atoms. The van der Waals surface area contributed by atoms with Crippen LogP contribution < -0.4 is 24.3 Å². The Labute approximate surface area is 152 Å². The minimum atomic E-state index is -0.488. The van der Waals surface area contributed by atoms with Gasteiger partial charge in [0.05, 0.1) is 18.8 Å². The van der Waals surface area contributed by atoms with Gasteiger partial charge in [-0.25, -0.2) is 4.98 Å². The van der Waals surface area contributed by atoms with Gasteiger partial charge in [-0.2, -0.15) is 4.52 Å². The molecule has 3 rings (SSSR count). The minimum Gasteiger partial charge on any atom is -0.493 e. The highest BCUT2D eigenvalue weighted by Crippen LogP contribution is 2.38. The highest BCUT2D eigenvalue weighted by molar-refractivity contribution is 7.15. The first-order chi connectivity index (χ1) is 12.5. The summed E-state index contributed by atoms with van der Waals surface area (Å²) in [5, 5.41) is 4.18. The molecule has 0 N–H and O–H groups in total. The van der Waals surface area contributed by atoms with Crippen molar-refractivity contribution in [3.8, 4) is 17.2 Å². The van der Waals surface area contributed by atoms with Crippen LogP contribution in [0.15, 0.2) is 16.9 Å². The van der Waals surface area contributed by atoms with E-state index in [1.165, 1.54) is 37.0 Å². The van der Waals surface area contributed by atoms with Crippen LogP contribution in [-0.2, 0) is 11.2 Å². The normalized spacial score (nSPS) is 11.8. The Morgan fingerprint density at radius 2 is 1.92 bits per heavy atom. The predicted molar refractivity (Wildman–Crippen MR) is 96.2 cm³/mol. The molecule has 0 aliphatic rings. The zero-order chi connectivity index (χ0) is 18.8. The van der Waals surface area contributed by atoms with Crippen LogP contribution in [-0.4, -0.2) is 34.8 Å². The molecule has 0 atom stereocenters. The summed E-state index contributed by atoms with van der Waals surface area (Å²) in [6.07, 6.45) is 2.36. The van der Waals surface area contributed by atoms with E-state index in [4.69, 9.17) is 14.2 Å². The lowest BCUT2D eigenvalue weighted by Crippen LogP contribution is -2.23. The first-order valence-electron chi connectivity index (χ1n) is 7.81. The Kier molecular flexibility index (Phi) is 4.90. The lowest BCUT2D eigenvalue weighted by molar-refractivity contribution is -0.132. The van der Waals surface area contributed by atoms with E-state index in [0.717, 1.165) is 0 Å². The standard InChI is InChI=1S/C17H17N3O5S/c1-5-14-18-17-20(19-14)16(22)13(26-17)8-10-6-11(23-3)15(25-9(2)21)12(7-10)24-4/h6-8H,5H2,1-4H3/b13-8-. The summed E-state index contributed by atoms with van der Waals surface area (Å²) in [6.45, 7) is 3.22. The quantitative estimate of drug-likeness (QED) is 0.489. The molecule has 0 saturated carbocycles. The third-order valence-electron chi connectivity index (χ3n) is 3.57. The molecule has 9 heteroatoms.